The fraction of sp³-hybridized carbons (Fsp3) is 0.290. The molecule has 3 aromatic rings. The molecule has 2 atom stereocenters. The van der Waals surface area contributed by atoms with Crippen LogP contribution < -0.4 is 11.1 Å². The van der Waals surface area contributed by atoms with Gasteiger partial charge in [0.05, 0.1) is 21.8 Å². The largest absolute Gasteiger partial charge is 0.330 e. The van der Waals surface area contributed by atoms with E-state index in [1.54, 1.807) is 24.3 Å². The highest BCUT2D eigenvalue weighted by Crippen LogP contribution is 2.31. The summed E-state index contributed by atoms with van der Waals surface area (Å²) in [4.78, 5) is 54.3. The summed E-state index contributed by atoms with van der Waals surface area (Å²) in [5, 5.41) is 2.17. The van der Waals surface area contributed by atoms with Gasteiger partial charge in [-0.25, -0.2) is 4.39 Å². The highest BCUT2D eigenvalue weighted by atomic mass is 35.5. The fourth-order valence-corrected chi connectivity index (χ4v) is 5.28. The molecular weight excluding hydrogens is 568 g/mol. The molecule has 2 amide bonds. The summed E-state index contributed by atoms with van der Waals surface area (Å²) in [5.41, 5.74) is 7.96. The topological polar surface area (TPSA) is 110 Å². The molecule has 0 unspecified atom stereocenters. The van der Waals surface area contributed by atoms with Gasteiger partial charge in [0, 0.05) is 43.7 Å². The minimum Gasteiger partial charge on any atom is -0.330 e. The molecule has 1 heterocycles. The van der Waals surface area contributed by atoms with Crippen LogP contribution in [0.15, 0.2) is 66.7 Å². The highest BCUT2D eigenvalue weighted by Gasteiger charge is 2.36. The SMILES string of the molecule is NCC[C@H](CC(=O)[C@@H]1Cc2ccccc2CN1C(=O)CCC(=O)c1ccccc1)C(=O)Nc1ccc(Cl)c(Cl)c1F. The standard InChI is InChI=1S/C31H30Cl2FN3O4/c32-23-10-11-24(30(34)29(23)33)36-31(41)21(14-15-35)17-27(39)25-16-20-8-4-5-9-22(20)18-37(25)28(40)13-12-26(38)19-6-2-1-3-7-19/h1-11,21,25H,12-18,35H2,(H,36,41)/t21-,25+/m1/s1. The average Bonchev–Trinajstić information content (AvgIpc) is 2.99. The van der Waals surface area contributed by atoms with E-state index in [0.717, 1.165) is 11.1 Å². The molecule has 0 bridgehead atoms. The minimum atomic E-state index is -0.879. The summed E-state index contributed by atoms with van der Waals surface area (Å²) in [5.74, 6) is -3.13. The van der Waals surface area contributed by atoms with Gasteiger partial charge in [0.1, 0.15) is 0 Å². The van der Waals surface area contributed by atoms with E-state index in [-0.39, 0.29) is 78.4 Å². The van der Waals surface area contributed by atoms with Gasteiger partial charge in [-0.2, -0.15) is 0 Å². The van der Waals surface area contributed by atoms with Crippen LogP contribution in [0.4, 0.5) is 10.1 Å². The van der Waals surface area contributed by atoms with Gasteiger partial charge >= 0.3 is 0 Å². The normalized spacial score (nSPS) is 15.1. The van der Waals surface area contributed by atoms with E-state index < -0.39 is 23.7 Å². The molecule has 0 saturated carbocycles. The van der Waals surface area contributed by atoms with Gasteiger partial charge in [-0.15, -0.1) is 0 Å². The third-order valence-electron chi connectivity index (χ3n) is 7.23. The molecule has 0 aromatic heterocycles. The summed E-state index contributed by atoms with van der Waals surface area (Å²) in [6.07, 6.45) is 0.207. The predicted molar refractivity (Wildman–Crippen MR) is 156 cm³/mol. The van der Waals surface area contributed by atoms with Crippen molar-refractivity contribution in [2.24, 2.45) is 11.7 Å². The van der Waals surface area contributed by atoms with Crippen LogP contribution in [-0.4, -0.2) is 40.9 Å². The lowest BCUT2D eigenvalue weighted by molar-refractivity contribution is -0.141. The van der Waals surface area contributed by atoms with E-state index in [9.17, 15) is 23.6 Å². The van der Waals surface area contributed by atoms with Gasteiger partial charge in [-0.05, 0) is 36.2 Å². The third-order valence-corrected chi connectivity index (χ3v) is 8.01. The van der Waals surface area contributed by atoms with E-state index in [1.807, 2.05) is 30.3 Å². The van der Waals surface area contributed by atoms with Gasteiger partial charge in [0.2, 0.25) is 11.8 Å². The highest BCUT2D eigenvalue weighted by molar-refractivity contribution is 6.42. The number of carbonyl (C=O) groups is 4. The Hall–Kier alpha value is -3.59. The first-order valence-electron chi connectivity index (χ1n) is 13.3. The van der Waals surface area contributed by atoms with Crippen LogP contribution in [0, 0.1) is 11.7 Å². The Morgan fingerprint density at radius 3 is 2.34 bits per heavy atom. The van der Waals surface area contributed by atoms with Gasteiger partial charge in [0.25, 0.3) is 0 Å². The number of fused-ring (bicyclic) bond motifs is 1. The van der Waals surface area contributed by atoms with Crippen LogP contribution in [0.2, 0.25) is 10.0 Å². The maximum absolute atomic E-state index is 14.6. The van der Waals surface area contributed by atoms with E-state index in [1.165, 1.54) is 17.0 Å². The van der Waals surface area contributed by atoms with Gasteiger partial charge in [-0.1, -0.05) is 77.8 Å². The maximum Gasteiger partial charge on any atom is 0.228 e. The van der Waals surface area contributed by atoms with Crippen LogP contribution in [0.25, 0.3) is 0 Å². The summed E-state index contributed by atoms with van der Waals surface area (Å²) >= 11 is 11.7. The maximum atomic E-state index is 14.6. The van der Waals surface area contributed by atoms with Crippen LogP contribution >= 0.6 is 23.2 Å². The number of carbonyl (C=O) groups excluding carboxylic acids is 4. The molecule has 0 spiro atoms. The zero-order valence-electron chi connectivity index (χ0n) is 22.2. The Labute approximate surface area is 247 Å². The second kappa shape index (κ2) is 13.9. The first kappa shape index (κ1) is 30.4. The number of anilines is 1. The molecule has 1 aliphatic heterocycles. The zero-order valence-corrected chi connectivity index (χ0v) is 23.8. The number of nitrogens with two attached hydrogens (primary N) is 1. The summed E-state index contributed by atoms with van der Waals surface area (Å²) in [7, 11) is 0. The molecule has 4 rings (SSSR count). The van der Waals surface area contributed by atoms with Crippen molar-refractivity contribution in [1.82, 2.24) is 4.90 Å². The average molecular weight is 599 g/mol. The van der Waals surface area contributed by atoms with Crippen molar-refractivity contribution in [2.45, 2.75) is 44.7 Å². The molecule has 0 saturated heterocycles. The van der Waals surface area contributed by atoms with Crippen molar-refractivity contribution in [1.29, 1.82) is 0 Å². The predicted octanol–water partition coefficient (Wildman–Crippen LogP) is 5.61. The molecule has 41 heavy (non-hydrogen) atoms. The molecule has 214 valence electrons. The van der Waals surface area contributed by atoms with Crippen molar-refractivity contribution in [2.75, 3.05) is 11.9 Å². The van der Waals surface area contributed by atoms with Crippen molar-refractivity contribution in [3.8, 4) is 0 Å². The Bertz CT molecular complexity index is 1450. The number of hydrogen-bond donors (Lipinski definition) is 2. The smallest absolute Gasteiger partial charge is 0.228 e. The van der Waals surface area contributed by atoms with Crippen LogP contribution in [0.3, 0.4) is 0 Å². The molecular formula is C31H30Cl2FN3O4. The van der Waals surface area contributed by atoms with Crippen molar-refractivity contribution in [3.05, 3.63) is 99.3 Å². The number of benzene rings is 3. The number of ketones is 2. The van der Waals surface area contributed by atoms with Gasteiger partial charge in [0.15, 0.2) is 17.4 Å². The second-order valence-corrected chi connectivity index (χ2v) is 10.7. The number of amides is 2. The molecule has 10 heteroatoms. The molecule has 0 radical (unpaired) electrons. The quantitative estimate of drug-likeness (QED) is 0.220. The van der Waals surface area contributed by atoms with E-state index in [0.29, 0.717) is 5.56 Å². The summed E-state index contributed by atoms with van der Waals surface area (Å²) < 4.78 is 14.6. The van der Waals surface area contributed by atoms with Crippen LogP contribution in [0.5, 0.6) is 0 Å². The number of hydrogen-bond acceptors (Lipinski definition) is 5. The van der Waals surface area contributed by atoms with Gasteiger partial charge < -0.3 is 16.0 Å². The van der Waals surface area contributed by atoms with Crippen molar-refractivity contribution < 1.29 is 23.6 Å². The molecule has 3 N–H and O–H groups in total. The molecule has 1 aliphatic rings. The lowest BCUT2D eigenvalue weighted by Crippen LogP contribution is -2.49. The Morgan fingerprint density at radius 1 is 0.951 bits per heavy atom. The number of rotatable bonds is 11. The summed E-state index contributed by atoms with van der Waals surface area (Å²) in [6.45, 7) is 0.333. The van der Waals surface area contributed by atoms with Gasteiger partial charge in [-0.3, -0.25) is 19.2 Å². The molecule has 0 aliphatic carbocycles. The first-order chi connectivity index (χ1) is 19.7. The number of nitrogens with zero attached hydrogens (tertiary/aromatic N) is 1. The number of halogens is 3. The minimum absolute atomic E-state index is 0.00339. The Morgan fingerprint density at radius 2 is 1.63 bits per heavy atom. The Balaban J connectivity index is 1.50. The first-order valence-corrected chi connectivity index (χ1v) is 14.1. The van der Waals surface area contributed by atoms with E-state index >= 15 is 0 Å². The lowest BCUT2D eigenvalue weighted by atomic mass is 9.87. The van der Waals surface area contributed by atoms with Crippen molar-refractivity contribution in [3.63, 3.8) is 0 Å². The fourth-order valence-electron chi connectivity index (χ4n) is 4.97. The number of nitrogens with one attached hydrogen (secondary N) is 1. The zero-order chi connectivity index (χ0) is 29.5. The van der Waals surface area contributed by atoms with Crippen molar-refractivity contribution >= 4 is 52.3 Å². The molecule has 7 nitrogen and oxygen atoms in total. The lowest BCUT2D eigenvalue weighted by Gasteiger charge is -2.36. The monoisotopic (exact) mass is 597 g/mol. The third kappa shape index (κ3) is 7.38. The van der Waals surface area contributed by atoms with Crippen LogP contribution in [-0.2, 0) is 27.3 Å². The van der Waals surface area contributed by atoms with E-state index in [2.05, 4.69) is 5.32 Å². The van der Waals surface area contributed by atoms with Crippen LogP contribution in [0.1, 0.15) is 47.2 Å². The Kier molecular flexibility index (Phi) is 10.3. The summed E-state index contributed by atoms with van der Waals surface area (Å²) in [6, 6.07) is 18.1. The van der Waals surface area contributed by atoms with E-state index in [4.69, 9.17) is 28.9 Å². The molecule has 0 fully saturated rings. The second-order valence-electron chi connectivity index (χ2n) is 9.96. The molecule has 3 aromatic carbocycles. The number of Topliss-reactive ketones (excluding diaryl/α,β-unsaturated/α-hetero) is 2.